The van der Waals surface area contributed by atoms with E-state index in [1.54, 1.807) is 31.3 Å². The lowest BCUT2D eigenvalue weighted by molar-refractivity contribution is -0.122. The fourth-order valence-electron chi connectivity index (χ4n) is 2.39. The number of nitrogens with zero attached hydrogens (tertiary/aromatic N) is 2. The molecule has 3 heterocycles. The van der Waals surface area contributed by atoms with Crippen molar-refractivity contribution >= 4 is 46.2 Å². The van der Waals surface area contributed by atoms with Gasteiger partial charge in [-0.05, 0) is 48.3 Å². The standard InChI is InChI=1S/C18H17N3O4S2/c1-2-25-16-13(6-3-7-20-16)15(22)19-8-9-21-17(23)14(27-18(21)24)11-12-5-4-10-26-12/h3-7,10-11H,2,8-9H2,1H3,(H,19,22)/b14-11-. The number of hydrogen-bond acceptors (Lipinski definition) is 7. The average Bonchev–Trinajstić information content (AvgIpc) is 3.26. The highest BCUT2D eigenvalue weighted by Gasteiger charge is 2.34. The molecule has 3 amide bonds. The summed E-state index contributed by atoms with van der Waals surface area (Å²) in [5.41, 5.74) is 0.311. The molecular formula is C18H17N3O4S2. The van der Waals surface area contributed by atoms with Gasteiger partial charge in [0.25, 0.3) is 17.1 Å². The van der Waals surface area contributed by atoms with Crippen molar-refractivity contribution in [2.24, 2.45) is 0 Å². The van der Waals surface area contributed by atoms with Gasteiger partial charge in [-0.2, -0.15) is 0 Å². The summed E-state index contributed by atoms with van der Waals surface area (Å²) >= 11 is 2.40. The molecule has 1 aliphatic rings. The van der Waals surface area contributed by atoms with E-state index in [1.807, 2.05) is 17.5 Å². The summed E-state index contributed by atoms with van der Waals surface area (Å²) in [4.78, 5) is 43.3. The molecule has 9 heteroatoms. The van der Waals surface area contributed by atoms with E-state index >= 15 is 0 Å². The molecule has 0 aromatic carbocycles. The first-order valence-corrected chi connectivity index (χ1v) is 9.94. The second kappa shape index (κ2) is 8.83. The SMILES string of the molecule is CCOc1ncccc1C(=O)NCCN1C(=O)S/C(=C\c2cccs2)C1=O. The van der Waals surface area contributed by atoms with E-state index in [-0.39, 0.29) is 36.0 Å². The van der Waals surface area contributed by atoms with Gasteiger partial charge in [0.05, 0.1) is 11.5 Å². The first kappa shape index (κ1) is 19.1. The van der Waals surface area contributed by atoms with Crippen molar-refractivity contribution in [2.75, 3.05) is 19.7 Å². The van der Waals surface area contributed by atoms with Crippen molar-refractivity contribution in [1.82, 2.24) is 15.2 Å². The third-order valence-corrected chi connectivity index (χ3v) is 5.33. The van der Waals surface area contributed by atoms with Gasteiger partial charge >= 0.3 is 0 Å². The molecule has 1 saturated heterocycles. The van der Waals surface area contributed by atoms with Crippen LogP contribution in [0.25, 0.3) is 6.08 Å². The second-order valence-electron chi connectivity index (χ2n) is 5.39. The smallest absolute Gasteiger partial charge is 0.293 e. The number of carbonyl (C=O) groups excluding carboxylic acids is 3. The molecule has 0 aliphatic carbocycles. The van der Waals surface area contributed by atoms with Gasteiger partial charge in [0.1, 0.15) is 5.56 Å². The molecule has 0 unspecified atom stereocenters. The molecule has 27 heavy (non-hydrogen) atoms. The van der Waals surface area contributed by atoms with Gasteiger partial charge in [-0.25, -0.2) is 4.98 Å². The van der Waals surface area contributed by atoms with Crippen molar-refractivity contribution in [1.29, 1.82) is 0 Å². The monoisotopic (exact) mass is 403 g/mol. The maximum Gasteiger partial charge on any atom is 0.293 e. The Morgan fingerprint density at radius 2 is 2.19 bits per heavy atom. The number of aromatic nitrogens is 1. The number of amides is 3. The summed E-state index contributed by atoms with van der Waals surface area (Å²) in [6.45, 7) is 2.44. The van der Waals surface area contributed by atoms with Crippen LogP contribution < -0.4 is 10.1 Å². The Balaban J connectivity index is 1.58. The number of nitrogens with one attached hydrogen (secondary N) is 1. The van der Waals surface area contributed by atoms with Crippen molar-refractivity contribution in [3.05, 3.63) is 51.2 Å². The molecule has 3 rings (SSSR count). The van der Waals surface area contributed by atoms with Gasteiger partial charge in [0.2, 0.25) is 5.88 Å². The molecule has 1 fully saturated rings. The van der Waals surface area contributed by atoms with Crippen LogP contribution in [0, 0.1) is 0 Å². The Morgan fingerprint density at radius 3 is 2.93 bits per heavy atom. The van der Waals surface area contributed by atoms with Crippen LogP contribution in [-0.2, 0) is 4.79 Å². The molecule has 0 atom stereocenters. The van der Waals surface area contributed by atoms with Crippen LogP contribution in [0.3, 0.4) is 0 Å². The van der Waals surface area contributed by atoms with Crippen molar-refractivity contribution in [2.45, 2.75) is 6.92 Å². The van der Waals surface area contributed by atoms with E-state index in [4.69, 9.17) is 4.74 Å². The maximum absolute atomic E-state index is 12.4. The van der Waals surface area contributed by atoms with Gasteiger partial charge in [-0.1, -0.05) is 6.07 Å². The molecule has 0 saturated carbocycles. The topological polar surface area (TPSA) is 88.6 Å². The van der Waals surface area contributed by atoms with E-state index in [2.05, 4.69) is 10.3 Å². The van der Waals surface area contributed by atoms with Crippen LogP contribution in [0.5, 0.6) is 5.88 Å². The Labute approximate surface area is 164 Å². The van der Waals surface area contributed by atoms with Crippen LogP contribution >= 0.6 is 23.1 Å². The number of pyridine rings is 1. The third-order valence-electron chi connectivity index (χ3n) is 3.61. The summed E-state index contributed by atoms with van der Waals surface area (Å²) in [7, 11) is 0. The molecule has 0 spiro atoms. The largest absolute Gasteiger partial charge is 0.477 e. The highest BCUT2D eigenvalue weighted by atomic mass is 32.2. The van der Waals surface area contributed by atoms with Gasteiger partial charge in [0, 0.05) is 24.2 Å². The first-order chi connectivity index (χ1) is 13.1. The number of carbonyl (C=O) groups is 3. The van der Waals surface area contributed by atoms with E-state index in [0.717, 1.165) is 21.5 Å². The Morgan fingerprint density at radius 1 is 1.33 bits per heavy atom. The number of rotatable bonds is 7. The van der Waals surface area contributed by atoms with Gasteiger partial charge < -0.3 is 10.1 Å². The van der Waals surface area contributed by atoms with Crippen molar-refractivity contribution in [3.8, 4) is 5.88 Å². The molecule has 1 aliphatic heterocycles. The highest BCUT2D eigenvalue weighted by Crippen LogP contribution is 2.32. The van der Waals surface area contributed by atoms with Gasteiger partial charge in [-0.15, -0.1) is 11.3 Å². The summed E-state index contributed by atoms with van der Waals surface area (Å²) in [5, 5.41) is 4.26. The molecule has 7 nitrogen and oxygen atoms in total. The minimum absolute atomic E-state index is 0.0996. The van der Waals surface area contributed by atoms with Crippen LogP contribution in [-0.4, -0.2) is 46.6 Å². The number of thioether (sulfide) groups is 1. The van der Waals surface area contributed by atoms with Gasteiger partial charge in [-0.3, -0.25) is 19.3 Å². The first-order valence-electron chi connectivity index (χ1n) is 8.25. The Hall–Kier alpha value is -2.65. The number of imide groups is 1. The van der Waals surface area contributed by atoms with E-state index in [1.165, 1.54) is 11.3 Å². The third kappa shape index (κ3) is 4.55. The predicted molar refractivity (Wildman–Crippen MR) is 105 cm³/mol. The lowest BCUT2D eigenvalue weighted by Gasteiger charge is -2.13. The van der Waals surface area contributed by atoms with Crippen LogP contribution in [0.15, 0.2) is 40.7 Å². The van der Waals surface area contributed by atoms with Crippen molar-refractivity contribution in [3.63, 3.8) is 0 Å². The van der Waals surface area contributed by atoms with Crippen LogP contribution in [0.2, 0.25) is 0 Å². The molecule has 0 bridgehead atoms. The molecular weight excluding hydrogens is 386 g/mol. The zero-order valence-corrected chi connectivity index (χ0v) is 16.1. The Bertz CT molecular complexity index is 880. The fraction of sp³-hybridized carbons (Fsp3) is 0.222. The minimum Gasteiger partial charge on any atom is -0.477 e. The summed E-state index contributed by atoms with van der Waals surface area (Å²) in [5.74, 6) is -0.459. The normalized spacial score (nSPS) is 15.4. The lowest BCUT2D eigenvalue weighted by Crippen LogP contribution is -2.37. The zero-order valence-electron chi connectivity index (χ0n) is 14.5. The van der Waals surface area contributed by atoms with E-state index in [9.17, 15) is 14.4 Å². The number of hydrogen-bond donors (Lipinski definition) is 1. The Kier molecular flexibility index (Phi) is 6.25. The molecule has 1 N–H and O–H groups in total. The zero-order chi connectivity index (χ0) is 19.2. The van der Waals surface area contributed by atoms with E-state index in [0.29, 0.717) is 17.1 Å². The fourth-order valence-corrected chi connectivity index (χ4v) is 3.98. The van der Waals surface area contributed by atoms with Crippen LogP contribution in [0.4, 0.5) is 4.79 Å². The quantitative estimate of drug-likeness (QED) is 0.715. The average molecular weight is 403 g/mol. The maximum atomic E-state index is 12.4. The molecule has 2 aromatic heterocycles. The summed E-state index contributed by atoms with van der Waals surface area (Å²) < 4.78 is 5.34. The lowest BCUT2D eigenvalue weighted by atomic mass is 10.2. The molecule has 2 aromatic rings. The summed E-state index contributed by atoms with van der Waals surface area (Å²) in [6.07, 6.45) is 3.25. The molecule has 0 radical (unpaired) electrons. The summed E-state index contributed by atoms with van der Waals surface area (Å²) in [6, 6.07) is 7.01. The number of thiophene rings is 1. The van der Waals surface area contributed by atoms with E-state index < -0.39 is 0 Å². The van der Waals surface area contributed by atoms with Gasteiger partial charge in [0.15, 0.2) is 0 Å². The number of ether oxygens (including phenoxy) is 1. The van der Waals surface area contributed by atoms with Crippen molar-refractivity contribution < 1.29 is 19.1 Å². The molecule has 140 valence electrons. The second-order valence-corrected chi connectivity index (χ2v) is 7.37. The minimum atomic E-state index is -0.368. The van der Waals surface area contributed by atoms with Crippen LogP contribution in [0.1, 0.15) is 22.2 Å². The highest BCUT2D eigenvalue weighted by molar-refractivity contribution is 8.18. The predicted octanol–water partition coefficient (Wildman–Crippen LogP) is 3.01.